The second kappa shape index (κ2) is 5.31. The average Bonchev–Trinajstić information content (AvgIpc) is 2.99. The Morgan fingerprint density at radius 3 is 2.95 bits per heavy atom. The van der Waals surface area contributed by atoms with E-state index in [2.05, 4.69) is 0 Å². The number of hydrogen-bond donors (Lipinski definition) is 0. The summed E-state index contributed by atoms with van der Waals surface area (Å²) in [6.45, 7) is 1.40. The first-order valence-corrected chi connectivity index (χ1v) is 6.86. The van der Waals surface area contributed by atoms with Crippen molar-refractivity contribution >= 4 is 11.6 Å². The second-order valence-corrected chi connectivity index (χ2v) is 5.06. The van der Waals surface area contributed by atoms with Gasteiger partial charge in [-0.25, -0.2) is 0 Å². The van der Waals surface area contributed by atoms with Crippen LogP contribution in [-0.4, -0.2) is 32.3 Å². The van der Waals surface area contributed by atoms with Crippen LogP contribution >= 0.6 is 0 Å². The maximum absolute atomic E-state index is 12.5. The first-order chi connectivity index (χ1) is 9.31. The monoisotopic (exact) mass is 261 g/mol. The molecule has 1 aromatic carbocycles. The number of rotatable bonds is 2. The number of methoxy groups -OCH3 is 1. The molecule has 1 amide bonds. The molecule has 0 bridgehead atoms. The van der Waals surface area contributed by atoms with Gasteiger partial charge in [0.1, 0.15) is 6.10 Å². The van der Waals surface area contributed by atoms with Crippen LogP contribution in [0.3, 0.4) is 0 Å². The van der Waals surface area contributed by atoms with Gasteiger partial charge < -0.3 is 14.4 Å². The van der Waals surface area contributed by atoms with E-state index in [4.69, 9.17) is 9.47 Å². The smallest absolute Gasteiger partial charge is 0.256 e. The van der Waals surface area contributed by atoms with Gasteiger partial charge in [-0.2, -0.15) is 0 Å². The molecule has 2 unspecified atom stereocenters. The van der Waals surface area contributed by atoms with Crippen LogP contribution in [0.4, 0.5) is 5.69 Å². The van der Waals surface area contributed by atoms with Crippen molar-refractivity contribution in [1.82, 2.24) is 0 Å². The highest BCUT2D eigenvalue weighted by Gasteiger charge is 2.33. The van der Waals surface area contributed by atoms with Gasteiger partial charge >= 0.3 is 0 Å². The fourth-order valence-electron chi connectivity index (χ4n) is 2.95. The fraction of sp³-hybridized carbons (Fsp3) is 0.533. The fourth-order valence-corrected chi connectivity index (χ4v) is 2.95. The van der Waals surface area contributed by atoms with Crippen molar-refractivity contribution < 1.29 is 14.3 Å². The van der Waals surface area contributed by atoms with Crippen molar-refractivity contribution in [3.8, 4) is 0 Å². The molecule has 0 N–H and O–H groups in total. The number of carbonyl (C=O) groups excluding carboxylic acids is 1. The van der Waals surface area contributed by atoms with E-state index < -0.39 is 0 Å². The quantitative estimate of drug-likeness (QED) is 0.820. The summed E-state index contributed by atoms with van der Waals surface area (Å²) < 4.78 is 11.0. The van der Waals surface area contributed by atoms with Gasteiger partial charge in [0.15, 0.2) is 0 Å². The molecule has 102 valence electrons. The Bertz CT molecular complexity index is 468. The first-order valence-electron chi connectivity index (χ1n) is 6.86. The molecule has 3 rings (SSSR count). The van der Waals surface area contributed by atoms with E-state index in [1.165, 1.54) is 0 Å². The molecular weight excluding hydrogens is 242 g/mol. The maximum atomic E-state index is 12.5. The van der Waals surface area contributed by atoms with Crippen LogP contribution in [-0.2, 0) is 14.3 Å². The number of nitrogens with zero attached hydrogens (tertiary/aromatic N) is 1. The number of benzene rings is 1. The Balaban J connectivity index is 1.89. The lowest BCUT2D eigenvalue weighted by Gasteiger charge is -2.34. The Morgan fingerprint density at radius 2 is 2.21 bits per heavy atom. The molecule has 2 heterocycles. The zero-order chi connectivity index (χ0) is 13.2. The molecule has 0 radical (unpaired) electrons. The zero-order valence-corrected chi connectivity index (χ0v) is 11.2. The Kier molecular flexibility index (Phi) is 3.53. The van der Waals surface area contributed by atoms with Crippen LogP contribution in [0.25, 0.3) is 0 Å². The van der Waals surface area contributed by atoms with Gasteiger partial charge in [-0.15, -0.1) is 0 Å². The largest absolute Gasteiger partial charge is 0.377 e. The third-order valence-electron chi connectivity index (χ3n) is 3.94. The predicted octanol–water partition coefficient (Wildman–Crippen LogP) is 2.29. The van der Waals surface area contributed by atoms with Crippen LogP contribution in [0, 0.1) is 0 Å². The van der Waals surface area contributed by atoms with Crippen LogP contribution in [0.1, 0.15) is 30.9 Å². The standard InChI is InChI=1S/C15H19NO3/c1-18-13-8-9-16(12-6-3-2-5-11(12)13)15(17)14-7-4-10-19-14/h2-3,5-6,13-14H,4,7-10H2,1H3. The van der Waals surface area contributed by atoms with E-state index in [1.54, 1.807) is 7.11 Å². The van der Waals surface area contributed by atoms with E-state index in [0.29, 0.717) is 13.2 Å². The highest BCUT2D eigenvalue weighted by molar-refractivity contribution is 5.97. The van der Waals surface area contributed by atoms with Gasteiger partial charge in [0, 0.05) is 31.5 Å². The summed E-state index contributed by atoms with van der Waals surface area (Å²) in [5.41, 5.74) is 2.07. The molecule has 1 fully saturated rings. The average molecular weight is 261 g/mol. The van der Waals surface area contributed by atoms with Gasteiger partial charge in [-0.3, -0.25) is 4.79 Å². The molecule has 0 aliphatic carbocycles. The predicted molar refractivity (Wildman–Crippen MR) is 72.1 cm³/mol. The highest BCUT2D eigenvalue weighted by atomic mass is 16.5. The number of carbonyl (C=O) groups is 1. The third-order valence-corrected chi connectivity index (χ3v) is 3.94. The van der Waals surface area contributed by atoms with Crippen LogP contribution in [0.2, 0.25) is 0 Å². The summed E-state index contributed by atoms with van der Waals surface area (Å²) in [7, 11) is 1.72. The highest BCUT2D eigenvalue weighted by Crippen LogP contribution is 2.36. The van der Waals surface area contributed by atoms with Crippen molar-refractivity contribution in [2.24, 2.45) is 0 Å². The molecule has 2 atom stereocenters. The van der Waals surface area contributed by atoms with Crippen LogP contribution < -0.4 is 4.90 Å². The molecular formula is C15H19NO3. The number of amides is 1. The second-order valence-electron chi connectivity index (χ2n) is 5.06. The SMILES string of the molecule is COC1CCN(C(=O)C2CCCO2)c2ccccc21. The third kappa shape index (κ3) is 2.26. The maximum Gasteiger partial charge on any atom is 0.256 e. The summed E-state index contributed by atoms with van der Waals surface area (Å²) in [4.78, 5) is 14.4. The number of ether oxygens (including phenoxy) is 2. The van der Waals surface area contributed by atoms with Crippen molar-refractivity contribution in [2.45, 2.75) is 31.5 Å². The van der Waals surface area contributed by atoms with E-state index >= 15 is 0 Å². The van der Waals surface area contributed by atoms with E-state index in [1.807, 2.05) is 29.2 Å². The van der Waals surface area contributed by atoms with Crippen LogP contribution in [0.5, 0.6) is 0 Å². The summed E-state index contributed by atoms with van der Waals surface area (Å²) in [6.07, 6.45) is 2.49. The topological polar surface area (TPSA) is 38.8 Å². The lowest BCUT2D eigenvalue weighted by molar-refractivity contribution is -0.127. The van der Waals surface area contributed by atoms with Gasteiger partial charge in [0.05, 0.1) is 6.10 Å². The number of fused-ring (bicyclic) bond motifs is 1. The lowest BCUT2D eigenvalue weighted by Crippen LogP contribution is -2.42. The summed E-state index contributed by atoms with van der Waals surface area (Å²) >= 11 is 0. The van der Waals surface area contributed by atoms with Gasteiger partial charge in [-0.05, 0) is 25.3 Å². The summed E-state index contributed by atoms with van der Waals surface area (Å²) in [5.74, 6) is 0.0968. The minimum Gasteiger partial charge on any atom is -0.377 e. The van der Waals surface area contributed by atoms with Crippen molar-refractivity contribution in [1.29, 1.82) is 0 Å². The molecule has 0 spiro atoms. The Labute approximate surface area is 113 Å². The minimum atomic E-state index is -0.257. The molecule has 0 saturated carbocycles. The first kappa shape index (κ1) is 12.6. The molecule has 19 heavy (non-hydrogen) atoms. The van der Waals surface area contributed by atoms with Crippen molar-refractivity contribution in [3.05, 3.63) is 29.8 Å². The normalized spacial score (nSPS) is 26.3. The molecule has 2 aliphatic heterocycles. The lowest BCUT2D eigenvalue weighted by atomic mass is 9.98. The molecule has 4 heteroatoms. The summed E-state index contributed by atoms with van der Waals surface area (Å²) in [5, 5.41) is 0. The number of anilines is 1. The van der Waals surface area contributed by atoms with E-state index in [-0.39, 0.29) is 18.1 Å². The zero-order valence-electron chi connectivity index (χ0n) is 11.2. The molecule has 4 nitrogen and oxygen atoms in total. The molecule has 2 aliphatic rings. The van der Waals surface area contributed by atoms with Gasteiger partial charge in [0.25, 0.3) is 5.91 Å². The summed E-state index contributed by atoms with van der Waals surface area (Å²) in [6, 6.07) is 7.99. The molecule has 1 saturated heterocycles. The van der Waals surface area contributed by atoms with Crippen molar-refractivity contribution in [3.63, 3.8) is 0 Å². The Morgan fingerprint density at radius 1 is 1.37 bits per heavy atom. The Hall–Kier alpha value is -1.39. The van der Waals surface area contributed by atoms with Gasteiger partial charge in [0.2, 0.25) is 0 Å². The minimum absolute atomic E-state index is 0.0877. The van der Waals surface area contributed by atoms with E-state index in [9.17, 15) is 4.79 Å². The number of para-hydroxylation sites is 1. The van der Waals surface area contributed by atoms with Crippen LogP contribution in [0.15, 0.2) is 24.3 Å². The number of hydrogen-bond acceptors (Lipinski definition) is 3. The van der Waals surface area contributed by atoms with Crippen molar-refractivity contribution in [2.75, 3.05) is 25.2 Å². The molecule has 0 aromatic heterocycles. The van der Waals surface area contributed by atoms with Gasteiger partial charge in [-0.1, -0.05) is 18.2 Å². The van der Waals surface area contributed by atoms with E-state index in [0.717, 1.165) is 30.5 Å². The molecule has 1 aromatic rings.